The highest BCUT2D eigenvalue weighted by Gasteiger charge is 2.23. The molecule has 0 aliphatic carbocycles. The number of benzene rings is 2. The van der Waals surface area contributed by atoms with Crippen LogP contribution in [-0.4, -0.2) is 27.7 Å². The van der Waals surface area contributed by atoms with E-state index in [-0.39, 0.29) is 6.04 Å². The minimum Gasteiger partial charge on any atom is -0.489 e. The molecule has 0 saturated carbocycles. The summed E-state index contributed by atoms with van der Waals surface area (Å²) >= 11 is 0. The highest BCUT2D eigenvalue weighted by Crippen LogP contribution is 2.36. The van der Waals surface area contributed by atoms with E-state index in [4.69, 9.17) is 15.2 Å². The van der Waals surface area contributed by atoms with Gasteiger partial charge in [0.25, 0.3) is 0 Å². The van der Waals surface area contributed by atoms with Crippen molar-refractivity contribution < 1.29 is 9.47 Å². The first-order valence-corrected chi connectivity index (χ1v) is 9.75. The Morgan fingerprint density at radius 3 is 2.66 bits per heavy atom. The lowest BCUT2D eigenvalue weighted by molar-refractivity contribution is 0.187. The van der Waals surface area contributed by atoms with Crippen molar-refractivity contribution in [1.29, 1.82) is 0 Å². The molecule has 1 saturated heterocycles. The SMILES string of the molecule is Nc1ncnc2c1c(-c1ccc(OCc3ccccc3)cc1)cn2C1CCOC1. The van der Waals surface area contributed by atoms with Crippen LogP contribution in [0.4, 0.5) is 5.82 Å². The van der Waals surface area contributed by atoms with E-state index >= 15 is 0 Å². The lowest BCUT2D eigenvalue weighted by Gasteiger charge is -2.10. The van der Waals surface area contributed by atoms with E-state index in [9.17, 15) is 0 Å². The number of hydrogen-bond donors (Lipinski definition) is 1. The minimum atomic E-state index is 0.272. The monoisotopic (exact) mass is 386 g/mol. The second-order valence-corrected chi connectivity index (χ2v) is 7.22. The molecule has 6 nitrogen and oxygen atoms in total. The fraction of sp³-hybridized carbons (Fsp3) is 0.217. The zero-order chi connectivity index (χ0) is 19.6. The van der Waals surface area contributed by atoms with E-state index < -0.39 is 0 Å². The van der Waals surface area contributed by atoms with Crippen molar-refractivity contribution in [1.82, 2.24) is 14.5 Å². The average Bonchev–Trinajstić information content (AvgIpc) is 3.42. The summed E-state index contributed by atoms with van der Waals surface area (Å²) in [5, 5.41) is 0.886. The summed E-state index contributed by atoms with van der Waals surface area (Å²) in [6.45, 7) is 2.01. The molecule has 2 N–H and O–H groups in total. The Kier molecular flexibility index (Phi) is 4.62. The smallest absolute Gasteiger partial charge is 0.146 e. The van der Waals surface area contributed by atoms with Gasteiger partial charge in [-0.2, -0.15) is 0 Å². The predicted octanol–water partition coefficient (Wildman–Crippen LogP) is 4.22. The van der Waals surface area contributed by atoms with Crippen LogP contribution in [0.2, 0.25) is 0 Å². The first-order chi connectivity index (χ1) is 14.3. The van der Waals surface area contributed by atoms with Crippen LogP contribution in [0, 0.1) is 0 Å². The molecule has 1 aliphatic rings. The predicted molar refractivity (Wildman–Crippen MR) is 113 cm³/mol. The van der Waals surface area contributed by atoms with E-state index in [0.29, 0.717) is 19.0 Å². The first-order valence-electron chi connectivity index (χ1n) is 9.75. The zero-order valence-electron chi connectivity index (χ0n) is 16.0. The molecule has 3 heterocycles. The molecule has 0 amide bonds. The molecular formula is C23H22N4O2. The largest absolute Gasteiger partial charge is 0.489 e. The normalized spacial score (nSPS) is 16.3. The van der Waals surface area contributed by atoms with Gasteiger partial charge in [0.2, 0.25) is 0 Å². The van der Waals surface area contributed by atoms with Gasteiger partial charge in [0.05, 0.1) is 18.0 Å². The Morgan fingerprint density at radius 2 is 1.90 bits per heavy atom. The average molecular weight is 386 g/mol. The molecule has 1 aliphatic heterocycles. The first kappa shape index (κ1) is 17.7. The van der Waals surface area contributed by atoms with E-state index in [1.165, 1.54) is 6.33 Å². The fourth-order valence-corrected chi connectivity index (χ4v) is 3.82. The molecule has 29 heavy (non-hydrogen) atoms. The summed E-state index contributed by atoms with van der Waals surface area (Å²) in [5.41, 5.74) is 10.3. The maximum Gasteiger partial charge on any atom is 0.146 e. The standard InChI is InChI=1S/C23H22N4O2/c24-22-21-20(12-27(18-10-11-28-14-18)23(21)26-15-25-22)17-6-8-19(9-7-17)29-13-16-4-2-1-3-5-16/h1-9,12,15,18H,10-11,13-14H2,(H2,24,25,26). The summed E-state index contributed by atoms with van der Waals surface area (Å²) in [6.07, 6.45) is 4.61. The second-order valence-electron chi connectivity index (χ2n) is 7.22. The lowest BCUT2D eigenvalue weighted by Crippen LogP contribution is -2.08. The Bertz CT molecular complexity index is 1120. The number of fused-ring (bicyclic) bond motifs is 1. The highest BCUT2D eigenvalue weighted by atomic mass is 16.5. The van der Waals surface area contributed by atoms with Crippen molar-refractivity contribution >= 4 is 16.9 Å². The molecule has 0 spiro atoms. The molecule has 1 atom stereocenters. The van der Waals surface area contributed by atoms with Gasteiger partial charge in [-0.25, -0.2) is 9.97 Å². The Hall–Kier alpha value is -3.38. The summed E-state index contributed by atoms with van der Waals surface area (Å²) in [4.78, 5) is 8.72. The van der Waals surface area contributed by atoms with Crippen LogP contribution in [0.5, 0.6) is 5.75 Å². The molecule has 1 fully saturated rings. The van der Waals surface area contributed by atoms with Gasteiger partial charge in [-0.3, -0.25) is 0 Å². The topological polar surface area (TPSA) is 75.2 Å². The van der Waals surface area contributed by atoms with Crippen LogP contribution in [-0.2, 0) is 11.3 Å². The fourth-order valence-electron chi connectivity index (χ4n) is 3.82. The van der Waals surface area contributed by atoms with E-state index in [1.54, 1.807) is 0 Å². The third kappa shape index (κ3) is 3.43. The quantitative estimate of drug-likeness (QED) is 0.556. The number of rotatable bonds is 5. The lowest BCUT2D eigenvalue weighted by atomic mass is 10.1. The van der Waals surface area contributed by atoms with Crippen LogP contribution in [0.1, 0.15) is 18.0 Å². The Balaban J connectivity index is 1.46. The van der Waals surface area contributed by atoms with Crippen LogP contribution >= 0.6 is 0 Å². The molecule has 6 heteroatoms. The van der Waals surface area contributed by atoms with Gasteiger partial charge in [0, 0.05) is 18.4 Å². The van der Waals surface area contributed by atoms with Gasteiger partial charge in [0.1, 0.15) is 30.1 Å². The van der Waals surface area contributed by atoms with Crippen molar-refractivity contribution in [2.24, 2.45) is 0 Å². The van der Waals surface area contributed by atoms with Gasteiger partial charge in [-0.15, -0.1) is 0 Å². The van der Waals surface area contributed by atoms with Gasteiger partial charge < -0.3 is 19.8 Å². The van der Waals surface area contributed by atoms with E-state index in [2.05, 4.69) is 45.0 Å². The van der Waals surface area contributed by atoms with E-state index in [1.807, 2.05) is 30.3 Å². The molecule has 0 bridgehead atoms. The molecule has 2 aromatic carbocycles. The van der Waals surface area contributed by atoms with Crippen LogP contribution < -0.4 is 10.5 Å². The summed E-state index contributed by atoms with van der Waals surface area (Å²) < 4.78 is 13.7. The summed E-state index contributed by atoms with van der Waals surface area (Å²) in [7, 11) is 0. The van der Waals surface area contributed by atoms with Gasteiger partial charge in [-0.05, 0) is 29.7 Å². The minimum absolute atomic E-state index is 0.272. The number of nitrogens with two attached hydrogens (primary N) is 1. The number of nitrogens with zero attached hydrogens (tertiary/aromatic N) is 3. The molecule has 146 valence electrons. The number of ether oxygens (including phenoxy) is 2. The van der Waals surface area contributed by atoms with Crippen molar-refractivity contribution in [3.05, 3.63) is 72.7 Å². The van der Waals surface area contributed by atoms with Crippen LogP contribution in [0.25, 0.3) is 22.2 Å². The molecule has 5 rings (SSSR count). The molecule has 1 unspecified atom stereocenters. The number of nitrogen functional groups attached to an aromatic ring is 1. The number of aromatic nitrogens is 3. The van der Waals surface area contributed by atoms with Crippen molar-refractivity contribution in [3.8, 4) is 16.9 Å². The van der Waals surface area contributed by atoms with Gasteiger partial charge >= 0.3 is 0 Å². The van der Waals surface area contributed by atoms with Crippen LogP contribution in [0.3, 0.4) is 0 Å². The molecule has 2 aromatic heterocycles. The van der Waals surface area contributed by atoms with Crippen molar-refractivity contribution in [3.63, 3.8) is 0 Å². The van der Waals surface area contributed by atoms with Gasteiger partial charge in [-0.1, -0.05) is 42.5 Å². The third-order valence-electron chi connectivity index (χ3n) is 5.35. The highest BCUT2D eigenvalue weighted by molar-refractivity contribution is 6.00. The Labute approximate surface area is 168 Å². The third-order valence-corrected chi connectivity index (χ3v) is 5.35. The summed E-state index contributed by atoms with van der Waals surface area (Å²) in [5.74, 6) is 1.32. The van der Waals surface area contributed by atoms with Crippen molar-refractivity contribution in [2.45, 2.75) is 19.1 Å². The van der Waals surface area contributed by atoms with E-state index in [0.717, 1.165) is 46.5 Å². The number of hydrogen-bond acceptors (Lipinski definition) is 5. The molecular weight excluding hydrogens is 364 g/mol. The van der Waals surface area contributed by atoms with Crippen molar-refractivity contribution in [2.75, 3.05) is 18.9 Å². The maximum absolute atomic E-state index is 6.23. The summed E-state index contributed by atoms with van der Waals surface area (Å²) in [6, 6.07) is 18.5. The van der Waals surface area contributed by atoms with Crippen LogP contribution in [0.15, 0.2) is 67.1 Å². The molecule has 4 aromatic rings. The maximum atomic E-state index is 6.23. The Morgan fingerprint density at radius 1 is 1.07 bits per heavy atom. The zero-order valence-corrected chi connectivity index (χ0v) is 16.0. The van der Waals surface area contributed by atoms with Gasteiger partial charge in [0.15, 0.2) is 0 Å². The number of anilines is 1. The molecule has 0 radical (unpaired) electrons. The second kappa shape index (κ2) is 7.56.